The fourth-order valence-corrected chi connectivity index (χ4v) is 5.91. The Morgan fingerprint density at radius 2 is 1.86 bits per heavy atom. The molecule has 5 rings (SSSR count). The minimum atomic E-state index is -1.61. The van der Waals surface area contributed by atoms with E-state index in [0.717, 1.165) is 11.0 Å². The van der Waals surface area contributed by atoms with Gasteiger partial charge in [0.1, 0.15) is 10.6 Å². The Morgan fingerprint density at radius 1 is 1.17 bits per heavy atom. The maximum atomic E-state index is 13.9. The van der Waals surface area contributed by atoms with Gasteiger partial charge in [-0.25, -0.2) is 4.90 Å². The van der Waals surface area contributed by atoms with Crippen LogP contribution in [0.3, 0.4) is 0 Å². The lowest BCUT2D eigenvalue weighted by molar-refractivity contribution is -0.384. The fraction of sp³-hybridized carbons (Fsp3) is 0.304. The normalized spacial score (nSPS) is 26.4. The van der Waals surface area contributed by atoms with Crippen LogP contribution in [0.15, 0.2) is 30.3 Å². The topological polar surface area (TPSA) is 165 Å². The highest BCUT2D eigenvalue weighted by atomic mass is 35.5. The Hall–Kier alpha value is -3.54. The predicted molar refractivity (Wildman–Crippen MR) is 129 cm³/mol. The standard InChI is InChI=1S/C23H19Cl2N5O6/c1-9-12(24)5-3-11-19(9)27-22(34)23(11)18-17(14(28-23)6-7-16(26)31)20(32)29(21(18)33)10-2-4-13(25)15(8-10)30(35)36/h2-5,8,14,17-18,28H,6-7H2,1H3,(H2,26,31)(H,27,34)/t14-,17+,18+,23+/m0/s1. The van der Waals surface area contributed by atoms with Gasteiger partial charge in [0.15, 0.2) is 0 Å². The number of nitrogens with two attached hydrogens (primary N) is 1. The van der Waals surface area contributed by atoms with E-state index >= 15 is 0 Å². The van der Waals surface area contributed by atoms with Crippen molar-refractivity contribution >= 4 is 63.9 Å². The van der Waals surface area contributed by atoms with Gasteiger partial charge in [-0.3, -0.25) is 34.6 Å². The smallest absolute Gasteiger partial charge is 0.289 e. The lowest BCUT2D eigenvalue weighted by Gasteiger charge is -2.29. The molecule has 0 radical (unpaired) electrons. The van der Waals surface area contributed by atoms with Crippen molar-refractivity contribution in [1.29, 1.82) is 0 Å². The van der Waals surface area contributed by atoms with Crippen molar-refractivity contribution in [2.24, 2.45) is 17.6 Å². The average molecular weight is 532 g/mol. The summed E-state index contributed by atoms with van der Waals surface area (Å²) in [5.41, 5.74) is 4.70. The van der Waals surface area contributed by atoms with Crippen LogP contribution in [0.2, 0.25) is 10.0 Å². The maximum Gasteiger partial charge on any atom is 0.289 e. The minimum absolute atomic E-state index is 0.0368. The SMILES string of the molecule is Cc1c(Cl)ccc2c1NC(=O)[C@@]21N[C@@H](CCC(N)=O)[C@H]2C(=O)N(c3ccc(Cl)c([N+](=O)[O-])c3)C(=O)[C@@H]21. The van der Waals surface area contributed by atoms with E-state index in [0.29, 0.717) is 21.8 Å². The third-order valence-electron chi connectivity index (χ3n) is 7.17. The molecule has 4 atom stereocenters. The van der Waals surface area contributed by atoms with Crippen LogP contribution in [0.4, 0.5) is 17.1 Å². The van der Waals surface area contributed by atoms with Gasteiger partial charge >= 0.3 is 0 Å². The number of nitro groups is 1. The van der Waals surface area contributed by atoms with Crippen LogP contribution < -0.4 is 21.3 Å². The van der Waals surface area contributed by atoms with Crippen LogP contribution in [0.25, 0.3) is 0 Å². The second kappa shape index (κ2) is 8.26. The van der Waals surface area contributed by atoms with E-state index in [9.17, 15) is 29.3 Å². The molecule has 0 aromatic heterocycles. The molecule has 2 aromatic rings. The highest BCUT2D eigenvalue weighted by molar-refractivity contribution is 6.33. The van der Waals surface area contributed by atoms with Crippen molar-refractivity contribution in [2.75, 3.05) is 10.2 Å². The van der Waals surface area contributed by atoms with Gasteiger partial charge < -0.3 is 11.1 Å². The van der Waals surface area contributed by atoms with Crippen molar-refractivity contribution < 1.29 is 24.1 Å². The molecule has 13 heteroatoms. The first-order chi connectivity index (χ1) is 17.0. The highest BCUT2D eigenvalue weighted by Gasteiger charge is 2.70. The van der Waals surface area contributed by atoms with Crippen molar-refractivity contribution in [3.05, 3.63) is 61.6 Å². The predicted octanol–water partition coefficient (Wildman–Crippen LogP) is 2.40. The number of nitrogens with one attached hydrogen (secondary N) is 2. The van der Waals surface area contributed by atoms with Gasteiger partial charge in [-0.2, -0.15) is 0 Å². The maximum absolute atomic E-state index is 13.9. The van der Waals surface area contributed by atoms with Gasteiger partial charge in [-0.05, 0) is 37.1 Å². The van der Waals surface area contributed by atoms with E-state index in [1.54, 1.807) is 19.1 Å². The number of carbonyl (C=O) groups excluding carboxylic acids is 4. The molecular formula is C23H19Cl2N5O6. The molecule has 1 spiro atoms. The number of nitrogens with zero attached hydrogens (tertiary/aromatic N) is 2. The number of anilines is 2. The van der Waals surface area contributed by atoms with E-state index in [2.05, 4.69) is 10.6 Å². The van der Waals surface area contributed by atoms with Gasteiger partial charge in [0.25, 0.3) is 5.69 Å². The molecule has 3 aliphatic heterocycles. The van der Waals surface area contributed by atoms with Crippen molar-refractivity contribution in [1.82, 2.24) is 5.32 Å². The summed E-state index contributed by atoms with van der Waals surface area (Å²) in [5, 5.41) is 17.6. The number of rotatable bonds is 5. The summed E-state index contributed by atoms with van der Waals surface area (Å²) in [5.74, 6) is -4.70. The van der Waals surface area contributed by atoms with E-state index in [1.807, 2.05) is 0 Å². The first-order valence-electron chi connectivity index (χ1n) is 11.0. The number of halogens is 2. The molecule has 11 nitrogen and oxygen atoms in total. The summed E-state index contributed by atoms with van der Waals surface area (Å²) in [6.07, 6.45) is 0.0139. The number of imide groups is 1. The molecule has 0 saturated carbocycles. The lowest BCUT2D eigenvalue weighted by Crippen LogP contribution is -2.53. The Labute approximate surface area is 214 Å². The van der Waals surface area contributed by atoms with Crippen LogP contribution in [-0.4, -0.2) is 34.6 Å². The number of amides is 4. The monoisotopic (exact) mass is 531 g/mol. The van der Waals surface area contributed by atoms with Crippen molar-refractivity contribution in [3.8, 4) is 0 Å². The number of benzene rings is 2. The molecule has 36 heavy (non-hydrogen) atoms. The van der Waals surface area contributed by atoms with Crippen LogP contribution >= 0.6 is 23.2 Å². The van der Waals surface area contributed by atoms with Gasteiger partial charge in [0.05, 0.1) is 28.1 Å². The molecule has 2 saturated heterocycles. The van der Waals surface area contributed by atoms with Gasteiger partial charge in [0.2, 0.25) is 23.6 Å². The Balaban J connectivity index is 1.67. The Bertz CT molecular complexity index is 1400. The minimum Gasteiger partial charge on any atom is -0.370 e. The summed E-state index contributed by atoms with van der Waals surface area (Å²) in [7, 11) is 0. The molecule has 2 aromatic carbocycles. The van der Waals surface area contributed by atoms with Crippen molar-refractivity contribution in [3.63, 3.8) is 0 Å². The summed E-state index contributed by atoms with van der Waals surface area (Å²) in [4.78, 5) is 64.2. The second-order valence-corrected chi connectivity index (χ2v) is 9.84. The first kappa shape index (κ1) is 24.2. The molecule has 0 unspecified atom stereocenters. The van der Waals surface area contributed by atoms with Crippen LogP contribution in [0.5, 0.6) is 0 Å². The Kier molecular flexibility index (Phi) is 5.54. The third kappa shape index (κ3) is 3.23. The quantitative estimate of drug-likeness (QED) is 0.302. The second-order valence-electron chi connectivity index (χ2n) is 9.02. The summed E-state index contributed by atoms with van der Waals surface area (Å²) in [6.45, 7) is 1.72. The van der Waals surface area contributed by atoms with Crippen LogP contribution in [0.1, 0.15) is 24.0 Å². The molecule has 186 valence electrons. The highest BCUT2D eigenvalue weighted by Crippen LogP contribution is 2.55. The van der Waals surface area contributed by atoms with Crippen LogP contribution in [0, 0.1) is 28.9 Å². The van der Waals surface area contributed by atoms with E-state index < -0.39 is 57.7 Å². The van der Waals surface area contributed by atoms with Crippen LogP contribution in [-0.2, 0) is 24.7 Å². The molecule has 4 N–H and O–H groups in total. The Morgan fingerprint density at radius 3 is 2.53 bits per heavy atom. The van der Waals surface area contributed by atoms with Gasteiger partial charge in [-0.1, -0.05) is 29.3 Å². The lowest BCUT2D eigenvalue weighted by atomic mass is 9.76. The zero-order chi connectivity index (χ0) is 26.1. The third-order valence-corrected chi connectivity index (χ3v) is 7.90. The molecule has 4 amide bonds. The summed E-state index contributed by atoms with van der Waals surface area (Å²) in [6, 6.07) is 6.08. The molecule has 2 fully saturated rings. The van der Waals surface area contributed by atoms with E-state index in [1.165, 1.54) is 12.1 Å². The number of primary amides is 1. The largest absolute Gasteiger partial charge is 0.370 e. The van der Waals surface area contributed by atoms with Crippen molar-refractivity contribution in [2.45, 2.75) is 31.3 Å². The number of hydrogen-bond donors (Lipinski definition) is 3. The van der Waals surface area contributed by atoms with E-state index in [-0.39, 0.29) is 23.6 Å². The summed E-state index contributed by atoms with van der Waals surface area (Å²) < 4.78 is 0. The fourth-order valence-electron chi connectivity index (χ4n) is 5.57. The first-order valence-corrected chi connectivity index (χ1v) is 11.7. The average Bonchev–Trinajstić information content (AvgIpc) is 3.40. The number of carbonyl (C=O) groups is 4. The van der Waals surface area contributed by atoms with Gasteiger partial charge in [0, 0.05) is 29.1 Å². The zero-order valence-corrected chi connectivity index (χ0v) is 20.2. The molecule has 3 heterocycles. The summed E-state index contributed by atoms with van der Waals surface area (Å²) >= 11 is 12.2. The number of hydrogen-bond acceptors (Lipinski definition) is 7. The molecule has 0 bridgehead atoms. The number of nitro benzene ring substituents is 1. The molecule has 3 aliphatic rings. The molecule has 0 aliphatic carbocycles. The zero-order valence-electron chi connectivity index (χ0n) is 18.7. The number of fused-ring (bicyclic) bond motifs is 4. The van der Waals surface area contributed by atoms with E-state index in [4.69, 9.17) is 28.9 Å². The van der Waals surface area contributed by atoms with Gasteiger partial charge in [-0.15, -0.1) is 0 Å². The molecular weight excluding hydrogens is 513 g/mol.